The molecule has 0 aliphatic rings. The largest absolute Gasteiger partial charge is 0.464 e. The Morgan fingerprint density at radius 2 is 2.14 bits per heavy atom. The number of methoxy groups -OCH3 is 1. The first-order valence-corrected chi connectivity index (χ1v) is 10.7. The Labute approximate surface area is 129 Å². The summed E-state index contributed by atoms with van der Waals surface area (Å²) in [6.45, 7) is 7.57. The van der Waals surface area contributed by atoms with Gasteiger partial charge < -0.3 is 9.47 Å². The van der Waals surface area contributed by atoms with Crippen molar-refractivity contribution in [3.63, 3.8) is 0 Å². The van der Waals surface area contributed by atoms with Crippen molar-refractivity contribution in [3.05, 3.63) is 23.8 Å². The van der Waals surface area contributed by atoms with Crippen LogP contribution in [0.1, 0.15) is 10.5 Å². The maximum absolute atomic E-state index is 13.4. The van der Waals surface area contributed by atoms with Crippen molar-refractivity contribution in [1.29, 1.82) is 0 Å². The van der Waals surface area contributed by atoms with Crippen LogP contribution in [0.15, 0.2) is 12.3 Å². The number of carbonyl (C=O) groups excluding carboxylic acids is 1. The van der Waals surface area contributed by atoms with E-state index < -0.39 is 19.9 Å². The van der Waals surface area contributed by atoms with Gasteiger partial charge in [0.05, 0.1) is 18.7 Å². The van der Waals surface area contributed by atoms with E-state index in [1.54, 1.807) is 0 Å². The van der Waals surface area contributed by atoms with E-state index in [0.717, 1.165) is 12.2 Å². The van der Waals surface area contributed by atoms with Crippen LogP contribution in [0.4, 0.5) is 4.39 Å². The Kier molecular flexibility index (Phi) is 4.92. The fourth-order valence-electron chi connectivity index (χ4n) is 1.90. The van der Waals surface area contributed by atoms with Gasteiger partial charge in [0.25, 0.3) is 0 Å². The maximum Gasteiger partial charge on any atom is 0.359 e. The third-order valence-corrected chi connectivity index (χ3v) is 4.85. The second kappa shape index (κ2) is 6.53. The molecule has 0 spiro atoms. The number of pyridine rings is 1. The second-order valence-electron chi connectivity index (χ2n) is 6.21. The Hall–Kier alpha value is -1.80. The Morgan fingerprint density at radius 3 is 2.77 bits per heavy atom. The predicted molar refractivity (Wildman–Crippen MR) is 82.9 cm³/mol. The van der Waals surface area contributed by atoms with E-state index in [1.165, 1.54) is 17.9 Å². The van der Waals surface area contributed by atoms with Crippen LogP contribution in [0.25, 0.3) is 11.0 Å². The maximum atomic E-state index is 13.4. The second-order valence-corrected chi connectivity index (χ2v) is 11.8. The number of carbonyl (C=O) groups is 1. The first-order chi connectivity index (χ1) is 10.3. The van der Waals surface area contributed by atoms with Gasteiger partial charge in [-0.05, 0) is 12.1 Å². The van der Waals surface area contributed by atoms with Crippen LogP contribution in [0.2, 0.25) is 25.7 Å². The number of hydrogen-bond donors (Lipinski definition) is 0. The fourth-order valence-corrected chi connectivity index (χ4v) is 2.66. The van der Waals surface area contributed by atoms with Crippen molar-refractivity contribution >= 4 is 25.1 Å². The highest BCUT2D eigenvalue weighted by Crippen LogP contribution is 2.19. The highest BCUT2D eigenvalue weighted by atomic mass is 28.3. The summed E-state index contributed by atoms with van der Waals surface area (Å²) in [7, 11) is 0.0853. The molecule has 0 aliphatic heterocycles. The molecule has 2 aromatic heterocycles. The summed E-state index contributed by atoms with van der Waals surface area (Å²) in [5.41, 5.74) is 0.438. The van der Waals surface area contributed by atoms with Crippen molar-refractivity contribution in [1.82, 2.24) is 14.8 Å². The molecule has 0 fully saturated rings. The predicted octanol–water partition coefficient (Wildman–Crippen LogP) is 2.67. The zero-order chi connectivity index (χ0) is 16.3. The third-order valence-electron chi connectivity index (χ3n) is 3.14. The molecule has 6 nitrogen and oxygen atoms in total. The average Bonchev–Trinajstić information content (AvgIpc) is 2.79. The van der Waals surface area contributed by atoms with Gasteiger partial charge in [0.15, 0.2) is 11.3 Å². The quantitative estimate of drug-likeness (QED) is 0.464. The summed E-state index contributed by atoms with van der Waals surface area (Å²) in [6.07, 6.45) is 1.09. The van der Waals surface area contributed by atoms with Crippen LogP contribution in [-0.2, 0) is 16.2 Å². The average molecular weight is 325 g/mol. The van der Waals surface area contributed by atoms with Gasteiger partial charge in [-0.3, -0.25) is 0 Å². The highest BCUT2D eigenvalue weighted by Gasteiger charge is 2.19. The van der Waals surface area contributed by atoms with Gasteiger partial charge in [-0.25, -0.2) is 18.9 Å². The van der Waals surface area contributed by atoms with E-state index in [9.17, 15) is 9.18 Å². The molecule has 0 unspecified atom stereocenters. The number of rotatable bonds is 6. The third kappa shape index (κ3) is 3.89. The summed E-state index contributed by atoms with van der Waals surface area (Å²) in [5, 5.41) is 4.45. The summed E-state index contributed by atoms with van der Waals surface area (Å²) >= 11 is 0. The molecule has 120 valence electrons. The summed E-state index contributed by atoms with van der Waals surface area (Å²) in [6, 6.07) is 2.25. The topological polar surface area (TPSA) is 66.2 Å². The molecule has 2 heterocycles. The SMILES string of the molecule is COC(=O)c1nn(COCC[Si](C)(C)C)c2ncc(F)cc12. The number of hydrogen-bond acceptors (Lipinski definition) is 5. The van der Waals surface area contributed by atoms with Gasteiger partial charge in [0.1, 0.15) is 12.5 Å². The molecule has 0 atom stereocenters. The molecule has 22 heavy (non-hydrogen) atoms. The normalized spacial score (nSPS) is 11.9. The van der Waals surface area contributed by atoms with Crippen LogP contribution in [0.3, 0.4) is 0 Å². The molecule has 0 aliphatic carbocycles. The molecule has 8 heteroatoms. The zero-order valence-corrected chi connectivity index (χ0v) is 14.2. The first kappa shape index (κ1) is 16.6. The molecule has 0 saturated heterocycles. The van der Waals surface area contributed by atoms with E-state index in [-0.39, 0.29) is 12.4 Å². The van der Waals surface area contributed by atoms with Gasteiger partial charge in [0.2, 0.25) is 0 Å². The number of halogens is 1. The van der Waals surface area contributed by atoms with E-state index in [1.807, 2.05) is 0 Å². The van der Waals surface area contributed by atoms with Crippen LogP contribution in [0.5, 0.6) is 0 Å². The number of aromatic nitrogens is 3. The number of ether oxygens (including phenoxy) is 2. The monoisotopic (exact) mass is 325 g/mol. The summed E-state index contributed by atoms with van der Waals surface area (Å²) < 4.78 is 25.1. The molecule has 0 aromatic carbocycles. The minimum atomic E-state index is -1.17. The minimum Gasteiger partial charge on any atom is -0.464 e. The first-order valence-electron chi connectivity index (χ1n) is 7.00. The van der Waals surface area contributed by atoms with Gasteiger partial charge in [-0.1, -0.05) is 19.6 Å². The summed E-state index contributed by atoms with van der Waals surface area (Å²) in [5.74, 6) is -1.16. The lowest BCUT2D eigenvalue weighted by Crippen LogP contribution is -2.22. The smallest absolute Gasteiger partial charge is 0.359 e. The van der Waals surface area contributed by atoms with Gasteiger partial charge in [0, 0.05) is 14.7 Å². The molecule has 2 rings (SSSR count). The molecule has 0 radical (unpaired) electrons. The Balaban J connectivity index is 2.21. The Morgan fingerprint density at radius 1 is 1.41 bits per heavy atom. The van der Waals surface area contributed by atoms with Gasteiger partial charge in [-0.2, -0.15) is 5.10 Å². The number of esters is 1. The van der Waals surface area contributed by atoms with Crippen molar-refractivity contribution in [2.45, 2.75) is 32.4 Å². The zero-order valence-electron chi connectivity index (χ0n) is 13.2. The Bertz CT molecular complexity index is 682. The lowest BCUT2D eigenvalue weighted by Gasteiger charge is -2.15. The van der Waals surface area contributed by atoms with Crippen LogP contribution >= 0.6 is 0 Å². The van der Waals surface area contributed by atoms with E-state index in [4.69, 9.17) is 4.74 Å². The highest BCUT2D eigenvalue weighted by molar-refractivity contribution is 6.76. The molecule has 2 aromatic rings. The fraction of sp³-hybridized carbons (Fsp3) is 0.500. The van der Waals surface area contributed by atoms with Gasteiger partial charge in [-0.15, -0.1) is 0 Å². The number of fused-ring (bicyclic) bond motifs is 1. The van der Waals surface area contributed by atoms with E-state index in [0.29, 0.717) is 17.6 Å². The van der Waals surface area contributed by atoms with E-state index in [2.05, 4.69) is 34.5 Å². The van der Waals surface area contributed by atoms with Crippen LogP contribution in [0, 0.1) is 5.82 Å². The van der Waals surface area contributed by atoms with Crippen molar-refractivity contribution in [3.8, 4) is 0 Å². The van der Waals surface area contributed by atoms with Crippen LogP contribution in [-0.4, -0.2) is 42.5 Å². The molecular formula is C14H20FN3O3Si. The van der Waals surface area contributed by atoms with Crippen molar-refractivity contribution in [2.75, 3.05) is 13.7 Å². The summed E-state index contributed by atoms with van der Waals surface area (Å²) in [4.78, 5) is 15.7. The lowest BCUT2D eigenvalue weighted by molar-refractivity contribution is 0.0585. The van der Waals surface area contributed by atoms with Crippen molar-refractivity contribution in [2.24, 2.45) is 0 Å². The van der Waals surface area contributed by atoms with Crippen molar-refractivity contribution < 1.29 is 18.7 Å². The molecule has 0 saturated carbocycles. The molecule has 0 N–H and O–H groups in total. The molecule has 0 bridgehead atoms. The molecule has 0 amide bonds. The minimum absolute atomic E-state index is 0.0401. The van der Waals surface area contributed by atoms with E-state index >= 15 is 0 Å². The standard InChI is InChI=1S/C14H20FN3O3Si/c1-20-14(19)12-11-7-10(15)8-16-13(11)18(17-12)9-21-5-6-22(2,3)4/h7-8H,5-6,9H2,1-4H3. The van der Waals surface area contributed by atoms with Gasteiger partial charge >= 0.3 is 5.97 Å². The molecular weight excluding hydrogens is 305 g/mol. The van der Waals surface area contributed by atoms with Crippen LogP contribution < -0.4 is 0 Å². The number of nitrogens with zero attached hydrogens (tertiary/aromatic N) is 3. The lowest BCUT2D eigenvalue weighted by atomic mass is 10.2.